The minimum Gasteiger partial charge on any atom is -0.298 e. The molecule has 0 aliphatic carbocycles. The van der Waals surface area contributed by atoms with Gasteiger partial charge in [0.15, 0.2) is 12.6 Å². The molecular formula is C18H14O2. The molecule has 0 atom stereocenters. The normalized spacial score (nSPS) is 10.8. The maximum absolute atomic E-state index is 11.5. The van der Waals surface area contributed by atoms with Crippen molar-refractivity contribution in [2.75, 3.05) is 0 Å². The maximum atomic E-state index is 11.5. The molecule has 0 saturated heterocycles. The van der Waals surface area contributed by atoms with Crippen molar-refractivity contribution >= 4 is 34.1 Å². The molecule has 0 bridgehead atoms. The van der Waals surface area contributed by atoms with E-state index in [1.165, 1.54) is 0 Å². The summed E-state index contributed by atoms with van der Waals surface area (Å²) >= 11 is 0. The van der Waals surface area contributed by atoms with Gasteiger partial charge in [-0.2, -0.15) is 0 Å². The second-order valence-electron chi connectivity index (χ2n) is 4.84. The summed E-state index contributed by atoms with van der Waals surface area (Å²) in [5.41, 5.74) is 2.48. The van der Waals surface area contributed by atoms with Gasteiger partial charge in [-0.3, -0.25) is 9.59 Å². The zero-order valence-electron chi connectivity index (χ0n) is 11.2. The Balaban J connectivity index is 2.61. The van der Waals surface area contributed by atoms with Crippen LogP contribution in [0.4, 0.5) is 0 Å². The number of hydrogen-bond acceptors (Lipinski definition) is 2. The van der Waals surface area contributed by atoms with Gasteiger partial charge in [0.05, 0.1) is 0 Å². The summed E-state index contributed by atoms with van der Waals surface area (Å²) in [4.78, 5) is 23.0. The summed E-state index contributed by atoms with van der Waals surface area (Å²) in [5.74, 6) is 0. The van der Waals surface area contributed by atoms with Crippen LogP contribution in [0.2, 0.25) is 0 Å². The maximum Gasteiger partial charge on any atom is 0.151 e. The lowest BCUT2D eigenvalue weighted by molar-refractivity contribution is 0.111. The highest BCUT2D eigenvalue weighted by Gasteiger charge is 2.12. The van der Waals surface area contributed by atoms with Gasteiger partial charge in [-0.25, -0.2) is 0 Å². The molecule has 0 spiro atoms. The summed E-state index contributed by atoms with van der Waals surface area (Å²) in [6, 6.07) is 13.5. The highest BCUT2D eigenvalue weighted by molar-refractivity contribution is 6.20. The Labute approximate surface area is 117 Å². The molecule has 0 heterocycles. The monoisotopic (exact) mass is 262 g/mol. The zero-order chi connectivity index (χ0) is 14.1. The van der Waals surface area contributed by atoms with E-state index in [0.29, 0.717) is 11.1 Å². The first-order chi connectivity index (χ1) is 9.80. The highest BCUT2D eigenvalue weighted by atomic mass is 16.1. The lowest BCUT2D eigenvalue weighted by Gasteiger charge is -2.11. The standard InChI is InChI=1S/C18H14O2/c1-2-12-7-8-15-16(9-12)18(11-20)14-6-4-3-5-13(14)17(15)10-19/h3-11H,2H2,1H3. The van der Waals surface area contributed by atoms with Crippen LogP contribution in [0.5, 0.6) is 0 Å². The van der Waals surface area contributed by atoms with Crippen molar-refractivity contribution in [1.29, 1.82) is 0 Å². The third kappa shape index (κ3) is 1.73. The number of benzene rings is 3. The van der Waals surface area contributed by atoms with Crippen LogP contribution < -0.4 is 0 Å². The van der Waals surface area contributed by atoms with Gasteiger partial charge in [-0.05, 0) is 33.5 Å². The predicted molar refractivity (Wildman–Crippen MR) is 81.6 cm³/mol. The minimum absolute atomic E-state index is 0.656. The Morgan fingerprint density at radius 1 is 0.800 bits per heavy atom. The van der Waals surface area contributed by atoms with Gasteiger partial charge in [0, 0.05) is 11.1 Å². The topological polar surface area (TPSA) is 34.1 Å². The average Bonchev–Trinajstić information content (AvgIpc) is 2.51. The number of carbonyl (C=O) groups is 2. The highest BCUT2D eigenvalue weighted by Crippen LogP contribution is 2.31. The van der Waals surface area contributed by atoms with Gasteiger partial charge in [0.25, 0.3) is 0 Å². The Morgan fingerprint density at radius 3 is 1.90 bits per heavy atom. The lowest BCUT2D eigenvalue weighted by Crippen LogP contribution is -1.95. The molecule has 3 aromatic rings. The second-order valence-corrected chi connectivity index (χ2v) is 4.84. The summed E-state index contributed by atoms with van der Waals surface area (Å²) in [5, 5.41) is 3.38. The zero-order valence-corrected chi connectivity index (χ0v) is 11.2. The molecule has 0 aliphatic rings. The molecule has 0 aromatic heterocycles. The van der Waals surface area contributed by atoms with E-state index in [1.54, 1.807) is 0 Å². The smallest absolute Gasteiger partial charge is 0.151 e. The summed E-state index contributed by atoms with van der Waals surface area (Å²) in [6.45, 7) is 2.07. The van der Waals surface area contributed by atoms with Crippen LogP contribution in [-0.4, -0.2) is 12.6 Å². The van der Waals surface area contributed by atoms with E-state index < -0.39 is 0 Å². The van der Waals surface area contributed by atoms with E-state index in [4.69, 9.17) is 0 Å². The quantitative estimate of drug-likeness (QED) is 0.524. The van der Waals surface area contributed by atoms with Gasteiger partial charge in [0.1, 0.15) is 0 Å². The van der Waals surface area contributed by atoms with E-state index in [2.05, 4.69) is 6.92 Å². The first kappa shape index (κ1) is 12.5. The predicted octanol–water partition coefficient (Wildman–Crippen LogP) is 4.18. The molecular weight excluding hydrogens is 248 g/mol. The van der Waals surface area contributed by atoms with Crippen molar-refractivity contribution in [3.63, 3.8) is 0 Å². The van der Waals surface area contributed by atoms with Crippen molar-refractivity contribution in [3.05, 3.63) is 59.2 Å². The number of aldehydes is 2. The Morgan fingerprint density at radius 2 is 1.35 bits per heavy atom. The van der Waals surface area contributed by atoms with E-state index in [0.717, 1.165) is 46.1 Å². The molecule has 3 rings (SSSR count). The Hall–Kier alpha value is -2.48. The van der Waals surface area contributed by atoms with Crippen LogP contribution in [0.25, 0.3) is 21.5 Å². The van der Waals surface area contributed by atoms with Gasteiger partial charge >= 0.3 is 0 Å². The fourth-order valence-electron chi connectivity index (χ4n) is 2.77. The van der Waals surface area contributed by atoms with Crippen molar-refractivity contribution in [2.24, 2.45) is 0 Å². The fraction of sp³-hybridized carbons (Fsp3) is 0.111. The van der Waals surface area contributed by atoms with E-state index in [1.807, 2.05) is 42.5 Å². The van der Waals surface area contributed by atoms with Gasteiger partial charge < -0.3 is 0 Å². The molecule has 0 unspecified atom stereocenters. The molecule has 0 radical (unpaired) electrons. The van der Waals surface area contributed by atoms with Gasteiger partial charge in [-0.15, -0.1) is 0 Å². The number of carbonyl (C=O) groups excluding carboxylic acids is 2. The van der Waals surface area contributed by atoms with Crippen LogP contribution >= 0.6 is 0 Å². The largest absolute Gasteiger partial charge is 0.298 e. The van der Waals surface area contributed by atoms with Crippen molar-refractivity contribution in [2.45, 2.75) is 13.3 Å². The Bertz CT molecular complexity index is 832. The van der Waals surface area contributed by atoms with E-state index >= 15 is 0 Å². The molecule has 2 heteroatoms. The van der Waals surface area contributed by atoms with Crippen LogP contribution in [0.3, 0.4) is 0 Å². The molecule has 0 amide bonds. The fourth-order valence-corrected chi connectivity index (χ4v) is 2.77. The lowest BCUT2D eigenvalue weighted by atomic mass is 9.91. The first-order valence-electron chi connectivity index (χ1n) is 6.67. The minimum atomic E-state index is 0.656. The molecule has 2 nitrogen and oxygen atoms in total. The molecule has 0 saturated carbocycles. The van der Waals surface area contributed by atoms with Crippen LogP contribution in [0, 0.1) is 0 Å². The van der Waals surface area contributed by atoms with Gasteiger partial charge in [-0.1, -0.05) is 49.4 Å². The third-order valence-electron chi connectivity index (χ3n) is 3.82. The molecule has 98 valence electrons. The average molecular weight is 262 g/mol. The summed E-state index contributed by atoms with van der Waals surface area (Å²) < 4.78 is 0. The third-order valence-corrected chi connectivity index (χ3v) is 3.82. The molecule has 0 fully saturated rings. The van der Waals surface area contributed by atoms with Gasteiger partial charge in [0.2, 0.25) is 0 Å². The van der Waals surface area contributed by atoms with E-state index in [9.17, 15) is 9.59 Å². The van der Waals surface area contributed by atoms with Crippen molar-refractivity contribution in [3.8, 4) is 0 Å². The van der Waals surface area contributed by atoms with Crippen LogP contribution in [-0.2, 0) is 6.42 Å². The van der Waals surface area contributed by atoms with E-state index in [-0.39, 0.29) is 0 Å². The van der Waals surface area contributed by atoms with Crippen LogP contribution in [0.15, 0.2) is 42.5 Å². The number of hydrogen-bond donors (Lipinski definition) is 0. The molecule has 0 N–H and O–H groups in total. The number of fused-ring (bicyclic) bond motifs is 2. The summed E-state index contributed by atoms with van der Waals surface area (Å²) in [7, 11) is 0. The van der Waals surface area contributed by atoms with Crippen molar-refractivity contribution < 1.29 is 9.59 Å². The SMILES string of the molecule is CCc1ccc2c(C=O)c3ccccc3c(C=O)c2c1. The Kier molecular flexibility index (Phi) is 3.07. The molecule has 20 heavy (non-hydrogen) atoms. The van der Waals surface area contributed by atoms with Crippen molar-refractivity contribution in [1.82, 2.24) is 0 Å². The number of aryl methyl sites for hydroxylation is 1. The molecule has 0 aliphatic heterocycles. The molecule has 3 aromatic carbocycles. The summed E-state index contributed by atoms with van der Waals surface area (Å²) in [6.07, 6.45) is 2.67. The second kappa shape index (κ2) is 4.89. The van der Waals surface area contributed by atoms with Crippen LogP contribution in [0.1, 0.15) is 33.2 Å². The number of rotatable bonds is 3. The first-order valence-corrected chi connectivity index (χ1v) is 6.67.